The normalized spacial score (nSPS) is 10.9. The van der Waals surface area contributed by atoms with E-state index in [9.17, 15) is 0 Å². The summed E-state index contributed by atoms with van der Waals surface area (Å²) in [5.74, 6) is 0. The molecule has 0 bridgehead atoms. The second kappa shape index (κ2) is 5.39. The molecule has 3 heteroatoms. The highest BCUT2D eigenvalue weighted by Crippen LogP contribution is 2.33. The average molecular weight is 266 g/mol. The number of fused-ring (bicyclic) bond motifs is 1. The second-order valence-electron chi connectivity index (χ2n) is 3.42. The van der Waals surface area contributed by atoms with E-state index in [2.05, 4.69) is 49.1 Å². The highest BCUT2D eigenvalue weighted by atomic mass is 32.2. The molecule has 0 nitrogen and oxygen atoms in total. The minimum atomic E-state index is 1.33. The summed E-state index contributed by atoms with van der Waals surface area (Å²) in [4.78, 5) is 4.04. The van der Waals surface area contributed by atoms with Crippen molar-refractivity contribution in [3.63, 3.8) is 0 Å². The van der Waals surface area contributed by atoms with Gasteiger partial charge >= 0.3 is 0 Å². The Hall–Kier alpha value is -0.250. The van der Waals surface area contributed by atoms with Crippen LogP contribution in [0.15, 0.2) is 45.0 Å². The molecule has 0 N–H and O–H groups in total. The van der Waals surface area contributed by atoms with Crippen molar-refractivity contribution in [3.8, 4) is 0 Å². The lowest BCUT2D eigenvalue weighted by molar-refractivity contribution is 1.38. The van der Waals surface area contributed by atoms with Crippen LogP contribution in [0.5, 0.6) is 0 Å². The molecular formula is C13H14S3. The Balaban J connectivity index is 2.68. The summed E-state index contributed by atoms with van der Waals surface area (Å²) < 4.78 is 0. The molecule has 0 heterocycles. The third-order valence-electron chi connectivity index (χ3n) is 2.55. The lowest BCUT2D eigenvalue weighted by Crippen LogP contribution is -1.81. The first-order chi connectivity index (χ1) is 7.78. The second-order valence-corrected chi connectivity index (χ2v) is 6.02. The smallest absolute Gasteiger partial charge is 0.0159 e. The summed E-state index contributed by atoms with van der Waals surface area (Å²) in [5, 5.41) is 2.71. The fourth-order valence-electron chi connectivity index (χ4n) is 1.70. The van der Waals surface area contributed by atoms with Crippen LogP contribution in [-0.2, 0) is 0 Å². The summed E-state index contributed by atoms with van der Waals surface area (Å²) in [6, 6.07) is 11.3. The van der Waals surface area contributed by atoms with Crippen molar-refractivity contribution in [2.45, 2.75) is 14.7 Å². The van der Waals surface area contributed by atoms with Gasteiger partial charge in [0.05, 0.1) is 0 Å². The van der Waals surface area contributed by atoms with Crippen LogP contribution >= 0.6 is 35.3 Å². The molecule has 0 fully saturated rings. The molecule has 2 aromatic carbocycles. The van der Waals surface area contributed by atoms with E-state index in [1.807, 2.05) is 11.8 Å². The minimum absolute atomic E-state index is 1.33. The predicted octanol–water partition coefficient (Wildman–Crippen LogP) is 5.01. The summed E-state index contributed by atoms with van der Waals surface area (Å²) >= 11 is 5.42. The van der Waals surface area contributed by atoms with Crippen LogP contribution in [0.4, 0.5) is 0 Å². The molecule has 2 rings (SSSR count). The Morgan fingerprint density at radius 3 is 2.06 bits per heavy atom. The van der Waals surface area contributed by atoms with E-state index in [1.54, 1.807) is 23.5 Å². The van der Waals surface area contributed by atoms with Crippen LogP contribution in [0.1, 0.15) is 0 Å². The third kappa shape index (κ3) is 2.36. The van der Waals surface area contributed by atoms with Crippen molar-refractivity contribution in [1.29, 1.82) is 0 Å². The number of hydrogen-bond donors (Lipinski definition) is 0. The quantitative estimate of drug-likeness (QED) is 0.717. The SMILES string of the molecule is CSc1ccc2c(SC)cc(SC)cc2c1. The maximum Gasteiger partial charge on any atom is 0.0159 e. The highest BCUT2D eigenvalue weighted by molar-refractivity contribution is 7.99. The molecule has 16 heavy (non-hydrogen) atoms. The van der Waals surface area contributed by atoms with Gasteiger partial charge in [-0.05, 0) is 53.8 Å². The van der Waals surface area contributed by atoms with E-state index in [1.165, 1.54) is 25.5 Å². The molecule has 0 unspecified atom stereocenters. The van der Waals surface area contributed by atoms with Gasteiger partial charge in [-0.3, -0.25) is 0 Å². The molecule has 0 atom stereocenters. The predicted molar refractivity (Wildman–Crippen MR) is 79.3 cm³/mol. The number of rotatable bonds is 3. The van der Waals surface area contributed by atoms with Gasteiger partial charge in [-0.2, -0.15) is 0 Å². The molecular weight excluding hydrogens is 252 g/mol. The fraction of sp³-hybridized carbons (Fsp3) is 0.231. The summed E-state index contributed by atoms with van der Waals surface area (Å²) in [6.45, 7) is 0. The largest absolute Gasteiger partial charge is 0.130 e. The van der Waals surface area contributed by atoms with E-state index in [0.29, 0.717) is 0 Å². The molecule has 0 saturated carbocycles. The molecule has 0 amide bonds. The van der Waals surface area contributed by atoms with Crippen molar-refractivity contribution in [3.05, 3.63) is 30.3 Å². The van der Waals surface area contributed by atoms with E-state index in [-0.39, 0.29) is 0 Å². The zero-order chi connectivity index (χ0) is 11.5. The van der Waals surface area contributed by atoms with Crippen molar-refractivity contribution in [2.24, 2.45) is 0 Å². The molecule has 0 aliphatic carbocycles. The van der Waals surface area contributed by atoms with Gasteiger partial charge in [0.15, 0.2) is 0 Å². The van der Waals surface area contributed by atoms with Crippen molar-refractivity contribution >= 4 is 46.1 Å². The van der Waals surface area contributed by atoms with Gasteiger partial charge < -0.3 is 0 Å². The molecule has 0 radical (unpaired) electrons. The van der Waals surface area contributed by atoms with E-state index in [0.717, 1.165) is 0 Å². The summed E-state index contributed by atoms with van der Waals surface area (Å²) in [5.41, 5.74) is 0. The Morgan fingerprint density at radius 1 is 0.750 bits per heavy atom. The van der Waals surface area contributed by atoms with Gasteiger partial charge in [-0.25, -0.2) is 0 Å². The molecule has 0 aliphatic rings. The first kappa shape index (κ1) is 12.2. The van der Waals surface area contributed by atoms with Crippen LogP contribution in [-0.4, -0.2) is 18.8 Å². The van der Waals surface area contributed by atoms with E-state index in [4.69, 9.17) is 0 Å². The zero-order valence-corrected chi connectivity index (χ0v) is 12.1. The van der Waals surface area contributed by atoms with Gasteiger partial charge in [0.1, 0.15) is 0 Å². The molecule has 0 saturated heterocycles. The lowest BCUT2D eigenvalue weighted by atomic mass is 10.1. The minimum Gasteiger partial charge on any atom is -0.130 e. The number of hydrogen-bond acceptors (Lipinski definition) is 3. The van der Waals surface area contributed by atoms with E-state index < -0.39 is 0 Å². The van der Waals surface area contributed by atoms with Crippen LogP contribution in [0, 0.1) is 0 Å². The van der Waals surface area contributed by atoms with E-state index >= 15 is 0 Å². The third-order valence-corrected chi connectivity index (χ3v) is 4.76. The molecule has 2 aromatic rings. The van der Waals surface area contributed by atoms with Crippen LogP contribution in [0.3, 0.4) is 0 Å². The maximum absolute atomic E-state index is 2.28. The Bertz CT molecular complexity index is 500. The van der Waals surface area contributed by atoms with Gasteiger partial charge in [0.2, 0.25) is 0 Å². The monoisotopic (exact) mass is 266 g/mol. The topological polar surface area (TPSA) is 0 Å². The first-order valence-electron chi connectivity index (χ1n) is 4.98. The van der Waals surface area contributed by atoms with Gasteiger partial charge in [0, 0.05) is 14.7 Å². The van der Waals surface area contributed by atoms with Crippen molar-refractivity contribution < 1.29 is 0 Å². The summed E-state index contributed by atoms with van der Waals surface area (Å²) in [6.07, 6.45) is 6.39. The lowest BCUT2D eigenvalue weighted by Gasteiger charge is -2.08. The number of benzene rings is 2. The maximum atomic E-state index is 2.28. The van der Waals surface area contributed by atoms with Crippen molar-refractivity contribution in [1.82, 2.24) is 0 Å². The number of thioether (sulfide) groups is 3. The van der Waals surface area contributed by atoms with Gasteiger partial charge in [-0.1, -0.05) is 6.07 Å². The Labute approximate surface area is 110 Å². The molecule has 0 aliphatic heterocycles. The molecule has 84 valence electrons. The van der Waals surface area contributed by atoms with Gasteiger partial charge in [0.25, 0.3) is 0 Å². The molecule has 0 aromatic heterocycles. The zero-order valence-electron chi connectivity index (χ0n) is 9.61. The summed E-state index contributed by atoms with van der Waals surface area (Å²) in [7, 11) is 0. The van der Waals surface area contributed by atoms with Crippen molar-refractivity contribution in [2.75, 3.05) is 18.8 Å². The Morgan fingerprint density at radius 2 is 1.44 bits per heavy atom. The van der Waals surface area contributed by atoms with Crippen LogP contribution in [0.25, 0.3) is 10.8 Å². The highest BCUT2D eigenvalue weighted by Gasteiger charge is 2.04. The Kier molecular flexibility index (Phi) is 4.11. The molecule has 0 spiro atoms. The average Bonchev–Trinajstić information content (AvgIpc) is 2.36. The van der Waals surface area contributed by atoms with Crippen LogP contribution in [0.2, 0.25) is 0 Å². The van der Waals surface area contributed by atoms with Gasteiger partial charge in [-0.15, -0.1) is 35.3 Å². The van der Waals surface area contributed by atoms with Crippen LogP contribution < -0.4 is 0 Å². The fourth-order valence-corrected chi connectivity index (χ4v) is 3.35. The standard InChI is InChI=1S/C13H14S3/c1-14-10-4-5-12-9(6-10)7-11(15-2)8-13(12)16-3/h4-8H,1-3H3. The first-order valence-corrected chi connectivity index (χ1v) is 8.65.